The van der Waals surface area contributed by atoms with E-state index in [9.17, 15) is 13.2 Å². The topological polar surface area (TPSA) is 70.0 Å². The second-order valence-electron chi connectivity index (χ2n) is 10.2. The number of carbonyl (C=O) groups is 1. The van der Waals surface area contributed by atoms with Gasteiger partial charge in [-0.25, -0.2) is 8.42 Å². The molecule has 2 atom stereocenters. The maximum atomic E-state index is 12.4. The molecule has 3 aliphatic rings. The molecule has 0 saturated carbocycles. The van der Waals surface area contributed by atoms with Crippen LogP contribution >= 0.6 is 11.8 Å². The van der Waals surface area contributed by atoms with Gasteiger partial charge in [0.15, 0.2) is 15.0 Å². The first-order chi connectivity index (χ1) is 17.4. The number of anilines is 2. The van der Waals surface area contributed by atoms with Crippen molar-refractivity contribution in [3.8, 4) is 0 Å². The van der Waals surface area contributed by atoms with Gasteiger partial charge in [0.1, 0.15) is 0 Å². The monoisotopic (exact) mass is 525 g/mol. The zero-order valence-electron chi connectivity index (χ0n) is 20.9. The van der Waals surface area contributed by atoms with Gasteiger partial charge in [-0.05, 0) is 61.4 Å². The highest BCUT2D eigenvalue weighted by molar-refractivity contribution is 8.16. The molecule has 2 aromatic carbocycles. The number of rotatable bonds is 7. The van der Waals surface area contributed by atoms with E-state index in [2.05, 4.69) is 71.4 Å². The van der Waals surface area contributed by atoms with Crippen LogP contribution in [-0.2, 0) is 21.1 Å². The molecule has 192 valence electrons. The number of piperidine rings is 1. The summed E-state index contributed by atoms with van der Waals surface area (Å²) < 4.78 is 24.7. The molecule has 3 aliphatic heterocycles. The molecule has 0 unspecified atom stereocenters. The molecular formula is C28H35N3O3S2. The molecule has 6 nitrogen and oxygen atoms in total. The summed E-state index contributed by atoms with van der Waals surface area (Å²) in [6, 6.07) is 19.0. The summed E-state index contributed by atoms with van der Waals surface area (Å²) in [5.41, 5.74) is 3.52. The van der Waals surface area contributed by atoms with E-state index in [4.69, 9.17) is 0 Å². The van der Waals surface area contributed by atoms with Crippen molar-refractivity contribution < 1.29 is 13.2 Å². The first-order valence-corrected chi connectivity index (χ1v) is 15.8. The third kappa shape index (κ3) is 5.80. The quantitative estimate of drug-likeness (QED) is 0.510. The average molecular weight is 526 g/mol. The van der Waals surface area contributed by atoms with Crippen molar-refractivity contribution >= 4 is 44.0 Å². The molecule has 0 N–H and O–H groups in total. The van der Waals surface area contributed by atoms with Crippen LogP contribution in [0.3, 0.4) is 0 Å². The summed E-state index contributed by atoms with van der Waals surface area (Å²) in [5, 5.41) is 0.575. The number of aliphatic imine (C=N–C) groups is 1. The molecule has 5 rings (SSSR count). The number of hydrogen-bond donors (Lipinski definition) is 0. The van der Waals surface area contributed by atoms with E-state index in [1.165, 1.54) is 35.9 Å². The van der Waals surface area contributed by atoms with Crippen LogP contribution in [0, 0.1) is 5.92 Å². The number of hydrogen-bond acceptors (Lipinski definition) is 5. The Morgan fingerprint density at radius 1 is 1.00 bits per heavy atom. The lowest BCUT2D eigenvalue weighted by Crippen LogP contribution is -2.38. The Morgan fingerprint density at radius 3 is 2.39 bits per heavy atom. The highest BCUT2D eigenvalue weighted by atomic mass is 32.2. The van der Waals surface area contributed by atoms with Crippen molar-refractivity contribution in [2.45, 2.75) is 56.7 Å². The summed E-state index contributed by atoms with van der Waals surface area (Å²) in [6.45, 7) is 4.13. The van der Waals surface area contributed by atoms with Gasteiger partial charge in [0.25, 0.3) is 0 Å². The Kier molecular flexibility index (Phi) is 7.72. The maximum Gasteiger partial charge on any atom is 0.248 e. The van der Waals surface area contributed by atoms with Gasteiger partial charge in [-0.2, -0.15) is 4.99 Å². The predicted octanol–water partition coefficient (Wildman–Crippen LogP) is 4.94. The van der Waals surface area contributed by atoms with Crippen molar-refractivity contribution in [2.75, 3.05) is 34.4 Å². The lowest BCUT2D eigenvalue weighted by Gasteiger charge is -2.34. The molecule has 0 spiro atoms. The zero-order valence-corrected chi connectivity index (χ0v) is 22.5. The Balaban J connectivity index is 1.27. The molecule has 3 fully saturated rings. The summed E-state index contributed by atoms with van der Waals surface area (Å²) in [7, 11) is -3.08. The van der Waals surface area contributed by atoms with Gasteiger partial charge in [0.2, 0.25) is 5.91 Å². The lowest BCUT2D eigenvalue weighted by molar-refractivity contribution is -0.117. The van der Waals surface area contributed by atoms with Gasteiger partial charge < -0.3 is 9.80 Å². The minimum absolute atomic E-state index is 0.0731. The van der Waals surface area contributed by atoms with E-state index in [1.807, 2.05) is 4.90 Å². The second kappa shape index (κ2) is 11.0. The lowest BCUT2D eigenvalue weighted by atomic mass is 9.90. The summed E-state index contributed by atoms with van der Waals surface area (Å²) in [6.07, 6.45) is 5.70. The second-order valence-corrected chi connectivity index (χ2v) is 13.6. The molecule has 0 radical (unpaired) electrons. The Hall–Kier alpha value is -2.32. The number of benzene rings is 2. The standard InChI is InChI=1S/C28H35N3O3S2/c1-2-3-9-27(32)29-28-31(25-19-36(33,34)20-26(25)35-28)24-12-10-23(11-13-24)30-16-14-22(15-17-30)18-21-7-5-4-6-8-21/h4-8,10-13,22,25-26H,2-3,9,14-20H2,1H3/t25-,26+/m1/s1. The van der Waals surface area contributed by atoms with Crippen LogP contribution in [0.1, 0.15) is 44.6 Å². The number of carbonyl (C=O) groups excluding carboxylic acids is 1. The zero-order chi connectivity index (χ0) is 25.1. The number of thioether (sulfide) groups is 1. The molecular weight excluding hydrogens is 490 g/mol. The molecule has 8 heteroatoms. The number of amides is 1. The van der Waals surface area contributed by atoms with Crippen molar-refractivity contribution in [3.05, 3.63) is 60.2 Å². The van der Waals surface area contributed by atoms with Gasteiger partial charge in [-0.1, -0.05) is 55.4 Å². The molecule has 36 heavy (non-hydrogen) atoms. The highest BCUT2D eigenvalue weighted by Gasteiger charge is 2.49. The predicted molar refractivity (Wildman–Crippen MR) is 150 cm³/mol. The van der Waals surface area contributed by atoms with Crippen molar-refractivity contribution in [3.63, 3.8) is 0 Å². The number of unbranched alkanes of at least 4 members (excludes halogenated alkanes) is 1. The van der Waals surface area contributed by atoms with Gasteiger partial charge in [-0.15, -0.1) is 0 Å². The minimum Gasteiger partial charge on any atom is -0.372 e. The van der Waals surface area contributed by atoms with E-state index in [0.29, 0.717) is 11.6 Å². The normalized spacial score (nSPS) is 24.9. The van der Waals surface area contributed by atoms with Gasteiger partial charge in [0.05, 0.1) is 17.5 Å². The minimum atomic E-state index is -3.08. The largest absolute Gasteiger partial charge is 0.372 e. The van der Waals surface area contributed by atoms with E-state index in [1.54, 1.807) is 0 Å². The fraction of sp³-hybridized carbons (Fsp3) is 0.500. The summed E-state index contributed by atoms with van der Waals surface area (Å²) in [5.74, 6) is 0.859. The molecule has 3 heterocycles. The Bertz CT molecular complexity index is 1190. The third-order valence-corrected chi connectivity index (χ3v) is 10.7. The van der Waals surface area contributed by atoms with Gasteiger partial charge in [-0.3, -0.25) is 4.79 Å². The number of nitrogens with zero attached hydrogens (tertiary/aromatic N) is 3. The fourth-order valence-electron chi connectivity index (χ4n) is 5.52. The summed E-state index contributed by atoms with van der Waals surface area (Å²) >= 11 is 1.45. The molecule has 1 amide bonds. The van der Waals surface area contributed by atoms with Crippen LogP contribution in [0.15, 0.2) is 59.6 Å². The van der Waals surface area contributed by atoms with Crippen LogP contribution in [0.2, 0.25) is 0 Å². The molecule has 0 aromatic heterocycles. The molecule has 2 aromatic rings. The number of fused-ring (bicyclic) bond motifs is 1. The summed E-state index contributed by atoms with van der Waals surface area (Å²) in [4.78, 5) is 21.3. The number of amidine groups is 1. The van der Waals surface area contributed by atoms with Crippen molar-refractivity contribution in [2.24, 2.45) is 10.9 Å². The van der Waals surface area contributed by atoms with E-state index >= 15 is 0 Å². The van der Waals surface area contributed by atoms with Crippen LogP contribution in [0.5, 0.6) is 0 Å². The van der Waals surface area contributed by atoms with Crippen molar-refractivity contribution in [1.29, 1.82) is 0 Å². The van der Waals surface area contributed by atoms with Crippen LogP contribution < -0.4 is 9.80 Å². The van der Waals surface area contributed by atoms with E-state index in [-0.39, 0.29) is 28.7 Å². The third-order valence-electron chi connectivity index (χ3n) is 7.51. The van der Waals surface area contributed by atoms with Crippen LogP contribution in [0.4, 0.5) is 11.4 Å². The van der Waals surface area contributed by atoms with Gasteiger partial charge in [0, 0.05) is 36.1 Å². The van der Waals surface area contributed by atoms with E-state index in [0.717, 1.165) is 44.0 Å². The smallest absolute Gasteiger partial charge is 0.248 e. The number of sulfone groups is 1. The SMILES string of the molecule is CCCCC(=O)N=C1S[C@H]2CS(=O)(=O)C[C@H]2N1c1ccc(N2CCC(Cc3ccccc3)CC2)cc1. The maximum absolute atomic E-state index is 12.4. The molecule has 0 aliphatic carbocycles. The first kappa shape index (κ1) is 25.3. The molecule has 3 saturated heterocycles. The molecule has 0 bridgehead atoms. The van der Waals surface area contributed by atoms with Crippen LogP contribution in [-0.4, -0.2) is 55.4 Å². The first-order valence-electron chi connectivity index (χ1n) is 13.1. The average Bonchev–Trinajstić information content (AvgIpc) is 3.34. The van der Waals surface area contributed by atoms with Crippen LogP contribution in [0.25, 0.3) is 0 Å². The fourth-order valence-corrected chi connectivity index (χ4v) is 9.45. The Morgan fingerprint density at radius 2 is 1.69 bits per heavy atom. The highest BCUT2D eigenvalue weighted by Crippen LogP contribution is 2.41. The van der Waals surface area contributed by atoms with Gasteiger partial charge >= 0.3 is 0 Å². The Labute approximate surface area is 219 Å². The van der Waals surface area contributed by atoms with Crippen molar-refractivity contribution in [1.82, 2.24) is 0 Å². The van der Waals surface area contributed by atoms with E-state index < -0.39 is 9.84 Å².